The summed E-state index contributed by atoms with van der Waals surface area (Å²) in [4.78, 5) is 0. The fourth-order valence-electron chi connectivity index (χ4n) is 1.91. The van der Waals surface area contributed by atoms with Crippen LogP contribution in [0.25, 0.3) is 0 Å². The summed E-state index contributed by atoms with van der Waals surface area (Å²) in [5, 5.41) is 9.00. The molecule has 0 spiro atoms. The van der Waals surface area contributed by atoms with E-state index in [-0.39, 0.29) is 11.9 Å². The normalized spacial score (nSPS) is 11.6. The van der Waals surface area contributed by atoms with Crippen LogP contribution in [0.15, 0.2) is 36.4 Å². The van der Waals surface area contributed by atoms with Gasteiger partial charge in [0.2, 0.25) is 0 Å². The summed E-state index contributed by atoms with van der Waals surface area (Å²) in [5.74, 6) is 1.01. The lowest BCUT2D eigenvalue weighted by Crippen LogP contribution is -2.07. The molecule has 0 radical (unpaired) electrons. The fraction of sp³-hybridized carbons (Fsp3) is 0.188. The van der Waals surface area contributed by atoms with Gasteiger partial charge in [0.15, 0.2) is 0 Å². The molecule has 0 aromatic heterocycles. The molecular formula is C16H15FN2O2. The Labute approximate surface area is 122 Å². The summed E-state index contributed by atoms with van der Waals surface area (Å²) in [6.07, 6.45) is 0. The summed E-state index contributed by atoms with van der Waals surface area (Å²) < 4.78 is 24.2. The number of hydrogen-bond donors (Lipinski definition) is 1. The number of halogens is 1. The van der Waals surface area contributed by atoms with E-state index in [1.54, 1.807) is 25.1 Å². The van der Waals surface area contributed by atoms with Crippen LogP contribution in [0, 0.1) is 17.1 Å². The standard InChI is InChI=1S/C16H15FN2O2/c1-10(19)15-7-12(17)3-4-16(15)21-14-6-11(9-18)5-13(8-14)20-2/h3-8,10H,19H2,1-2H3. The summed E-state index contributed by atoms with van der Waals surface area (Å²) in [7, 11) is 1.51. The van der Waals surface area contributed by atoms with E-state index in [9.17, 15) is 4.39 Å². The molecule has 2 aromatic carbocycles. The first kappa shape index (κ1) is 14.8. The smallest absolute Gasteiger partial charge is 0.132 e. The average molecular weight is 286 g/mol. The Hall–Kier alpha value is -2.58. The molecule has 0 aliphatic heterocycles. The number of hydrogen-bond acceptors (Lipinski definition) is 4. The first-order chi connectivity index (χ1) is 10.0. The zero-order valence-corrected chi connectivity index (χ0v) is 11.8. The largest absolute Gasteiger partial charge is 0.497 e. The number of nitrogens with two attached hydrogens (primary N) is 1. The molecule has 0 saturated heterocycles. The van der Waals surface area contributed by atoms with Gasteiger partial charge >= 0.3 is 0 Å². The molecule has 5 heteroatoms. The van der Waals surface area contributed by atoms with Gasteiger partial charge in [-0.1, -0.05) is 0 Å². The molecule has 1 atom stereocenters. The minimum Gasteiger partial charge on any atom is -0.497 e. The summed E-state index contributed by atoms with van der Waals surface area (Å²) in [6.45, 7) is 1.74. The Kier molecular flexibility index (Phi) is 4.41. The number of benzene rings is 2. The summed E-state index contributed by atoms with van der Waals surface area (Å²) >= 11 is 0. The fourth-order valence-corrected chi connectivity index (χ4v) is 1.91. The van der Waals surface area contributed by atoms with E-state index in [0.29, 0.717) is 28.4 Å². The highest BCUT2D eigenvalue weighted by Gasteiger charge is 2.11. The molecule has 0 bridgehead atoms. The van der Waals surface area contributed by atoms with E-state index < -0.39 is 0 Å². The molecule has 0 heterocycles. The molecule has 2 N–H and O–H groups in total. The quantitative estimate of drug-likeness (QED) is 0.933. The van der Waals surface area contributed by atoms with Gasteiger partial charge in [-0.2, -0.15) is 5.26 Å². The molecule has 0 fully saturated rings. The van der Waals surface area contributed by atoms with Crippen LogP contribution in [0.2, 0.25) is 0 Å². The molecule has 21 heavy (non-hydrogen) atoms. The van der Waals surface area contributed by atoms with Crippen LogP contribution in [0.1, 0.15) is 24.1 Å². The van der Waals surface area contributed by atoms with Crippen molar-refractivity contribution in [2.45, 2.75) is 13.0 Å². The molecule has 108 valence electrons. The predicted octanol–water partition coefficient (Wildman–Crippen LogP) is 3.52. The molecule has 2 rings (SSSR count). The monoisotopic (exact) mass is 286 g/mol. The van der Waals surface area contributed by atoms with Gasteiger partial charge < -0.3 is 15.2 Å². The minimum atomic E-state index is -0.378. The Bertz CT molecular complexity index is 693. The zero-order valence-electron chi connectivity index (χ0n) is 11.8. The van der Waals surface area contributed by atoms with Gasteiger partial charge in [0.05, 0.1) is 18.7 Å². The zero-order chi connectivity index (χ0) is 15.4. The van der Waals surface area contributed by atoms with Crippen LogP contribution >= 0.6 is 0 Å². The van der Waals surface area contributed by atoms with Gasteiger partial charge in [0.1, 0.15) is 23.1 Å². The number of methoxy groups -OCH3 is 1. The van der Waals surface area contributed by atoms with Crippen molar-refractivity contribution in [1.82, 2.24) is 0 Å². The minimum absolute atomic E-state index is 0.377. The Morgan fingerprint density at radius 3 is 2.52 bits per heavy atom. The highest BCUT2D eigenvalue weighted by atomic mass is 19.1. The van der Waals surface area contributed by atoms with Crippen LogP contribution in [-0.2, 0) is 0 Å². The highest BCUT2D eigenvalue weighted by molar-refractivity contribution is 5.47. The van der Waals surface area contributed by atoms with E-state index in [2.05, 4.69) is 0 Å². The van der Waals surface area contributed by atoms with Crippen molar-refractivity contribution >= 4 is 0 Å². The third-order valence-electron chi connectivity index (χ3n) is 2.94. The molecular weight excluding hydrogens is 271 g/mol. The van der Waals surface area contributed by atoms with Gasteiger partial charge in [-0.3, -0.25) is 0 Å². The number of rotatable bonds is 4. The lowest BCUT2D eigenvalue weighted by Gasteiger charge is -2.14. The van der Waals surface area contributed by atoms with E-state index in [0.717, 1.165) is 0 Å². The van der Waals surface area contributed by atoms with E-state index >= 15 is 0 Å². The second-order valence-electron chi connectivity index (χ2n) is 4.58. The van der Waals surface area contributed by atoms with E-state index in [4.69, 9.17) is 20.5 Å². The van der Waals surface area contributed by atoms with Crippen LogP contribution < -0.4 is 15.2 Å². The SMILES string of the molecule is COc1cc(C#N)cc(Oc2ccc(F)cc2C(C)N)c1. The topological polar surface area (TPSA) is 68.3 Å². The third kappa shape index (κ3) is 3.50. The lowest BCUT2D eigenvalue weighted by atomic mass is 10.1. The van der Waals surface area contributed by atoms with Crippen LogP contribution in [0.3, 0.4) is 0 Å². The van der Waals surface area contributed by atoms with Crippen molar-refractivity contribution in [2.24, 2.45) is 5.73 Å². The molecule has 0 saturated carbocycles. The second kappa shape index (κ2) is 6.25. The van der Waals surface area contributed by atoms with E-state index in [1.165, 1.54) is 25.3 Å². The van der Waals surface area contributed by atoms with Gasteiger partial charge in [0, 0.05) is 17.7 Å². The van der Waals surface area contributed by atoms with Crippen LogP contribution in [-0.4, -0.2) is 7.11 Å². The summed E-state index contributed by atoms with van der Waals surface area (Å²) in [6, 6.07) is 10.6. The van der Waals surface area contributed by atoms with Gasteiger partial charge in [-0.05, 0) is 37.3 Å². The number of ether oxygens (including phenoxy) is 2. The maximum atomic E-state index is 13.3. The van der Waals surface area contributed by atoms with Crippen molar-refractivity contribution in [2.75, 3.05) is 7.11 Å². The third-order valence-corrected chi connectivity index (χ3v) is 2.94. The lowest BCUT2D eigenvalue weighted by molar-refractivity contribution is 0.408. The van der Waals surface area contributed by atoms with Crippen molar-refractivity contribution in [3.8, 4) is 23.3 Å². The maximum absolute atomic E-state index is 13.3. The highest BCUT2D eigenvalue weighted by Crippen LogP contribution is 2.32. The first-order valence-electron chi connectivity index (χ1n) is 6.35. The molecule has 1 unspecified atom stereocenters. The number of nitriles is 1. The average Bonchev–Trinajstić information content (AvgIpc) is 2.48. The molecule has 0 aliphatic carbocycles. The number of nitrogens with zero attached hydrogens (tertiary/aromatic N) is 1. The van der Waals surface area contributed by atoms with Gasteiger partial charge in [-0.25, -0.2) is 4.39 Å². The predicted molar refractivity (Wildman–Crippen MR) is 76.8 cm³/mol. The van der Waals surface area contributed by atoms with Crippen molar-refractivity contribution < 1.29 is 13.9 Å². The van der Waals surface area contributed by atoms with Crippen LogP contribution in [0.5, 0.6) is 17.2 Å². The molecule has 2 aromatic rings. The molecule has 0 aliphatic rings. The van der Waals surface area contributed by atoms with Gasteiger partial charge in [0.25, 0.3) is 0 Å². The summed E-state index contributed by atoms with van der Waals surface area (Å²) in [5.41, 5.74) is 6.79. The Morgan fingerprint density at radius 1 is 1.19 bits per heavy atom. The van der Waals surface area contributed by atoms with E-state index in [1.807, 2.05) is 6.07 Å². The van der Waals surface area contributed by atoms with Gasteiger partial charge in [-0.15, -0.1) is 0 Å². The van der Waals surface area contributed by atoms with Crippen molar-refractivity contribution in [3.05, 3.63) is 53.3 Å². The van der Waals surface area contributed by atoms with Crippen molar-refractivity contribution in [1.29, 1.82) is 5.26 Å². The first-order valence-corrected chi connectivity index (χ1v) is 6.35. The maximum Gasteiger partial charge on any atom is 0.132 e. The Morgan fingerprint density at radius 2 is 1.90 bits per heavy atom. The van der Waals surface area contributed by atoms with Crippen molar-refractivity contribution in [3.63, 3.8) is 0 Å². The Balaban J connectivity index is 2.41. The second-order valence-corrected chi connectivity index (χ2v) is 4.58. The molecule has 4 nitrogen and oxygen atoms in total. The molecule has 0 amide bonds. The van der Waals surface area contributed by atoms with Crippen LogP contribution in [0.4, 0.5) is 4.39 Å².